The van der Waals surface area contributed by atoms with Gasteiger partial charge in [0.15, 0.2) is 0 Å². The van der Waals surface area contributed by atoms with Crippen molar-refractivity contribution in [1.29, 1.82) is 0 Å². The Hall–Kier alpha value is -1.73. The second-order valence-electron chi connectivity index (χ2n) is 5.19. The molecule has 6 nitrogen and oxygen atoms in total. The average molecular weight is 343 g/mol. The van der Waals surface area contributed by atoms with Gasteiger partial charge in [0.25, 0.3) is 5.56 Å². The third-order valence-electron chi connectivity index (χ3n) is 3.10. The number of hydrogen-bond donors (Lipinski definition) is 1. The van der Waals surface area contributed by atoms with Crippen LogP contribution in [0.3, 0.4) is 0 Å². The lowest BCUT2D eigenvalue weighted by Gasteiger charge is -2.15. The summed E-state index contributed by atoms with van der Waals surface area (Å²) in [6, 6.07) is 4.42. The van der Waals surface area contributed by atoms with E-state index in [4.69, 9.17) is 16.7 Å². The standard InChI is InChI=1S/C14H15ClN2O4S/c1-8(2)13(14(19)20)22(21)7-10-5-12(18)17-6-9(15)3-4-11(17)16-10/h3-6,8,13H,7H2,1-2H3,(H,19,20). The minimum absolute atomic E-state index is 0.0798. The quantitative estimate of drug-likeness (QED) is 0.893. The first-order valence-electron chi connectivity index (χ1n) is 6.57. The average Bonchev–Trinajstić information content (AvgIpc) is 2.38. The fraction of sp³-hybridized carbons (Fsp3) is 0.357. The Balaban J connectivity index is 2.36. The largest absolute Gasteiger partial charge is 0.480 e. The van der Waals surface area contributed by atoms with E-state index in [1.165, 1.54) is 16.7 Å². The Morgan fingerprint density at radius 1 is 1.45 bits per heavy atom. The van der Waals surface area contributed by atoms with Gasteiger partial charge in [-0.3, -0.25) is 18.2 Å². The van der Waals surface area contributed by atoms with E-state index < -0.39 is 22.0 Å². The Labute approximate surface area is 134 Å². The molecule has 0 aliphatic heterocycles. The molecule has 2 rings (SSSR count). The zero-order valence-corrected chi connectivity index (χ0v) is 13.6. The van der Waals surface area contributed by atoms with E-state index in [-0.39, 0.29) is 17.2 Å². The Bertz CT molecular complexity index is 803. The molecule has 1 N–H and O–H groups in total. The van der Waals surface area contributed by atoms with Gasteiger partial charge in [0.1, 0.15) is 10.9 Å². The molecule has 0 amide bonds. The summed E-state index contributed by atoms with van der Waals surface area (Å²) in [7, 11) is -1.66. The minimum Gasteiger partial charge on any atom is -0.480 e. The van der Waals surface area contributed by atoms with Gasteiger partial charge < -0.3 is 5.11 Å². The number of aliphatic carboxylic acids is 1. The second kappa shape index (κ2) is 6.58. The number of pyridine rings is 1. The van der Waals surface area contributed by atoms with Gasteiger partial charge in [-0.25, -0.2) is 4.98 Å². The van der Waals surface area contributed by atoms with Crippen LogP contribution in [0.4, 0.5) is 0 Å². The summed E-state index contributed by atoms with van der Waals surface area (Å²) in [6.07, 6.45) is 1.45. The van der Waals surface area contributed by atoms with Crippen molar-refractivity contribution in [2.45, 2.75) is 24.9 Å². The molecule has 0 aliphatic carbocycles. The van der Waals surface area contributed by atoms with Crippen molar-refractivity contribution < 1.29 is 14.1 Å². The summed E-state index contributed by atoms with van der Waals surface area (Å²) in [6.45, 7) is 3.39. The monoisotopic (exact) mass is 342 g/mol. The number of carboxylic acids is 1. The molecule has 0 saturated carbocycles. The number of carbonyl (C=O) groups is 1. The summed E-state index contributed by atoms with van der Waals surface area (Å²) in [4.78, 5) is 27.5. The molecule has 0 bridgehead atoms. The van der Waals surface area contributed by atoms with E-state index in [2.05, 4.69) is 4.98 Å². The number of hydrogen-bond acceptors (Lipinski definition) is 4. The number of aromatic nitrogens is 2. The van der Waals surface area contributed by atoms with Gasteiger partial charge in [0, 0.05) is 23.1 Å². The van der Waals surface area contributed by atoms with Crippen LogP contribution in [0.15, 0.2) is 29.2 Å². The lowest BCUT2D eigenvalue weighted by molar-refractivity contribution is -0.137. The van der Waals surface area contributed by atoms with Crippen molar-refractivity contribution in [3.05, 3.63) is 45.5 Å². The Kier molecular flexibility index (Phi) is 4.97. The first-order chi connectivity index (χ1) is 10.3. The minimum atomic E-state index is -1.66. The molecule has 0 fully saturated rings. The summed E-state index contributed by atoms with van der Waals surface area (Å²) < 4.78 is 13.5. The molecule has 0 aromatic carbocycles. The van der Waals surface area contributed by atoms with Crippen molar-refractivity contribution in [3.8, 4) is 0 Å². The van der Waals surface area contributed by atoms with Crippen molar-refractivity contribution in [2.75, 3.05) is 0 Å². The van der Waals surface area contributed by atoms with E-state index in [9.17, 15) is 13.8 Å². The fourth-order valence-corrected chi connectivity index (χ4v) is 3.75. The zero-order valence-electron chi connectivity index (χ0n) is 12.0. The maximum atomic E-state index is 12.3. The van der Waals surface area contributed by atoms with E-state index in [0.29, 0.717) is 16.4 Å². The highest BCUT2D eigenvalue weighted by molar-refractivity contribution is 7.85. The Morgan fingerprint density at radius 3 is 2.73 bits per heavy atom. The van der Waals surface area contributed by atoms with Gasteiger partial charge in [0.2, 0.25) is 0 Å². The zero-order chi connectivity index (χ0) is 16.4. The summed E-state index contributed by atoms with van der Waals surface area (Å²) in [5.74, 6) is -1.47. The smallest absolute Gasteiger partial charge is 0.319 e. The number of rotatable bonds is 5. The van der Waals surface area contributed by atoms with Crippen molar-refractivity contribution in [2.24, 2.45) is 5.92 Å². The van der Waals surface area contributed by atoms with Crippen LogP contribution in [-0.4, -0.2) is 29.9 Å². The highest BCUT2D eigenvalue weighted by Crippen LogP contribution is 2.14. The van der Waals surface area contributed by atoms with Crippen LogP contribution in [0.1, 0.15) is 19.5 Å². The molecule has 0 aliphatic rings. The molecule has 8 heteroatoms. The molecule has 2 heterocycles. The van der Waals surface area contributed by atoms with Gasteiger partial charge in [0.05, 0.1) is 16.5 Å². The summed E-state index contributed by atoms with van der Waals surface area (Å²) >= 11 is 5.82. The maximum Gasteiger partial charge on any atom is 0.319 e. The second-order valence-corrected chi connectivity index (χ2v) is 7.18. The molecule has 2 aromatic rings. The van der Waals surface area contributed by atoms with Crippen LogP contribution in [0.25, 0.3) is 5.65 Å². The van der Waals surface area contributed by atoms with Gasteiger partial charge in [-0.15, -0.1) is 0 Å². The van der Waals surface area contributed by atoms with Gasteiger partial charge in [-0.1, -0.05) is 25.4 Å². The van der Waals surface area contributed by atoms with Crippen LogP contribution >= 0.6 is 11.6 Å². The van der Waals surface area contributed by atoms with Gasteiger partial charge in [-0.2, -0.15) is 0 Å². The van der Waals surface area contributed by atoms with E-state index in [0.717, 1.165) is 0 Å². The lowest BCUT2D eigenvalue weighted by atomic mass is 10.1. The fourth-order valence-electron chi connectivity index (χ4n) is 2.14. The molecule has 2 unspecified atom stereocenters. The number of carboxylic acid groups (broad SMARTS) is 1. The predicted molar refractivity (Wildman–Crippen MR) is 84.6 cm³/mol. The van der Waals surface area contributed by atoms with Crippen LogP contribution in [0.2, 0.25) is 5.02 Å². The molecule has 118 valence electrons. The van der Waals surface area contributed by atoms with Gasteiger partial charge in [-0.05, 0) is 18.1 Å². The molecule has 2 atom stereocenters. The van der Waals surface area contributed by atoms with Crippen LogP contribution < -0.4 is 5.56 Å². The highest BCUT2D eigenvalue weighted by atomic mass is 35.5. The summed E-state index contributed by atoms with van der Waals surface area (Å²) in [5.41, 5.74) is 0.328. The normalized spacial score (nSPS) is 14.2. The number of halogens is 1. The molecular formula is C14H15ClN2O4S. The third-order valence-corrected chi connectivity index (χ3v) is 5.22. The third kappa shape index (κ3) is 3.53. The predicted octanol–water partition coefficient (Wildman–Crippen LogP) is 1.71. The van der Waals surface area contributed by atoms with Gasteiger partial charge >= 0.3 is 5.97 Å². The van der Waals surface area contributed by atoms with Crippen LogP contribution in [0.5, 0.6) is 0 Å². The molecule has 0 spiro atoms. The number of fused-ring (bicyclic) bond motifs is 1. The van der Waals surface area contributed by atoms with E-state index in [1.807, 2.05) is 0 Å². The highest BCUT2D eigenvalue weighted by Gasteiger charge is 2.28. The molecule has 0 radical (unpaired) electrons. The van der Waals surface area contributed by atoms with Crippen molar-refractivity contribution in [1.82, 2.24) is 9.38 Å². The van der Waals surface area contributed by atoms with E-state index >= 15 is 0 Å². The topological polar surface area (TPSA) is 88.7 Å². The SMILES string of the molecule is CC(C)C(C(=O)O)S(=O)Cc1cc(=O)n2cc(Cl)ccc2n1. The first kappa shape index (κ1) is 16.6. The maximum absolute atomic E-state index is 12.3. The molecule has 2 aromatic heterocycles. The lowest BCUT2D eigenvalue weighted by Crippen LogP contribution is -2.32. The number of nitrogens with zero attached hydrogens (tertiary/aromatic N) is 2. The Morgan fingerprint density at radius 2 is 2.14 bits per heavy atom. The summed E-state index contributed by atoms with van der Waals surface area (Å²) in [5, 5.41) is 8.56. The molecule has 0 saturated heterocycles. The van der Waals surface area contributed by atoms with E-state index in [1.54, 1.807) is 26.0 Å². The first-order valence-corrected chi connectivity index (χ1v) is 8.33. The molecule has 22 heavy (non-hydrogen) atoms. The van der Waals surface area contributed by atoms with Crippen molar-refractivity contribution in [3.63, 3.8) is 0 Å². The van der Waals surface area contributed by atoms with Crippen molar-refractivity contribution >= 4 is 34.0 Å². The molecular weight excluding hydrogens is 328 g/mol. The van der Waals surface area contributed by atoms with Crippen LogP contribution in [-0.2, 0) is 21.3 Å². The van der Waals surface area contributed by atoms with Crippen LogP contribution in [0, 0.1) is 5.92 Å².